The molecule has 2 aromatic carbocycles. The number of benzene rings is 2. The fraction of sp³-hybridized carbons (Fsp3) is 0.368. The summed E-state index contributed by atoms with van der Waals surface area (Å²) < 4.78 is 5.87. The Labute approximate surface area is 127 Å². The van der Waals surface area contributed by atoms with E-state index in [9.17, 15) is 0 Å². The predicted molar refractivity (Wildman–Crippen MR) is 87.5 cm³/mol. The first-order valence-corrected chi connectivity index (χ1v) is 7.80. The Morgan fingerprint density at radius 1 is 1.05 bits per heavy atom. The summed E-state index contributed by atoms with van der Waals surface area (Å²) in [6, 6.07) is 17.7. The minimum atomic E-state index is 0.449. The topological polar surface area (TPSA) is 21.3 Å². The number of hydrogen-bond acceptors (Lipinski definition) is 2. The molecule has 21 heavy (non-hydrogen) atoms. The van der Waals surface area contributed by atoms with Gasteiger partial charge in [-0.25, -0.2) is 0 Å². The molecule has 1 saturated carbocycles. The first-order chi connectivity index (χ1) is 10.2. The van der Waals surface area contributed by atoms with Crippen molar-refractivity contribution in [3.63, 3.8) is 0 Å². The van der Waals surface area contributed by atoms with Crippen LogP contribution in [0.25, 0.3) is 11.1 Å². The molecule has 0 radical (unpaired) electrons. The lowest BCUT2D eigenvalue weighted by Crippen LogP contribution is -2.21. The summed E-state index contributed by atoms with van der Waals surface area (Å²) in [6.07, 6.45) is 2.84. The summed E-state index contributed by atoms with van der Waals surface area (Å²) in [5, 5.41) is 3.44. The molecule has 0 unspecified atom stereocenters. The van der Waals surface area contributed by atoms with Gasteiger partial charge in [-0.05, 0) is 41.7 Å². The van der Waals surface area contributed by atoms with Gasteiger partial charge in [-0.2, -0.15) is 0 Å². The fourth-order valence-electron chi connectivity index (χ4n) is 2.26. The van der Waals surface area contributed by atoms with E-state index in [1.165, 1.54) is 29.5 Å². The molecule has 0 heterocycles. The molecule has 0 bridgehead atoms. The van der Waals surface area contributed by atoms with Gasteiger partial charge in [0.1, 0.15) is 5.75 Å². The minimum absolute atomic E-state index is 0.449. The number of nitrogens with one attached hydrogen (secondary N) is 1. The van der Waals surface area contributed by atoms with Gasteiger partial charge in [0.15, 0.2) is 0 Å². The molecule has 0 spiro atoms. The Kier molecular flexibility index (Phi) is 4.26. The summed E-state index contributed by atoms with van der Waals surface area (Å²) in [6.45, 7) is 5.25. The third kappa shape index (κ3) is 4.08. The van der Waals surface area contributed by atoms with Crippen molar-refractivity contribution in [3.8, 4) is 16.9 Å². The van der Waals surface area contributed by atoms with Gasteiger partial charge in [0, 0.05) is 12.6 Å². The molecule has 1 aliphatic rings. The van der Waals surface area contributed by atoms with Crippen molar-refractivity contribution in [1.29, 1.82) is 0 Å². The quantitative estimate of drug-likeness (QED) is 0.847. The van der Waals surface area contributed by atoms with Crippen molar-refractivity contribution in [2.75, 3.05) is 0 Å². The van der Waals surface area contributed by atoms with Crippen LogP contribution >= 0.6 is 0 Å². The van der Waals surface area contributed by atoms with Gasteiger partial charge in [0.25, 0.3) is 0 Å². The fourth-order valence-corrected chi connectivity index (χ4v) is 2.26. The largest absolute Gasteiger partial charge is 0.490 e. The van der Waals surface area contributed by atoms with E-state index in [1.54, 1.807) is 0 Å². The molecule has 2 nitrogen and oxygen atoms in total. The van der Waals surface area contributed by atoms with Gasteiger partial charge in [-0.15, -0.1) is 0 Å². The van der Waals surface area contributed by atoms with Crippen molar-refractivity contribution in [2.45, 2.75) is 45.4 Å². The first kappa shape index (κ1) is 14.2. The van der Waals surface area contributed by atoms with E-state index in [4.69, 9.17) is 4.74 Å². The van der Waals surface area contributed by atoms with Crippen LogP contribution in [-0.4, -0.2) is 12.1 Å². The molecule has 2 aromatic rings. The molecule has 0 aliphatic heterocycles. The van der Waals surface area contributed by atoms with Crippen LogP contribution in [0.15, 0.2) is 48.5 Å². The molecule has 2 heteroatoms. The van der Waals surface area contributed by atoms with Crippen molar-refractivity contribution in [2.24, 2.45) is 0 Å². The Morgan fingerprint density at radius 2 is 1.81 bits per heavy atom. The van der Waals surface area contributed by atoms with E-state index in [0.29, 0.717) is 12.1 Å². The lowest BCUT2D eigenvalue weighted by molar-refractivity contribution is 0.303. The summed E-state index contributed by atoms with van der Waals surface area (Å²) >= 11 is 0. The van der Waals surface area contributed by atoms with Crippen LogP contribution in [-0.2, 0) is 6.54 Å². The molecule has 1 N–H and O–H groups in total. The molecule has 1 fully saturated rings. The van der Waals surface area contributed by atoms with Gasteiger partial charge in [-0.1, -0.05) is 50.2 Å². The second-order valence-corrected chi connectivity index (χ2v) is 6.08. The van der Waals surface area contributed by atoms with Crippen LogP contribution in [0.3, 0.4) is 0 Å². The van der Waals surface area contributed by atoms with Gasteiger partial charge in [0.05, 0.1) is 6.10 Å². The molecular weight excluding hydrogens is 258 g/mol. The van der Waals surface area contributed by atoms with Gasteiger partial charge in [-0.3, -0.25) is 0 Å². The lowest BCUT2D eigenvalue weighted by Gasteiger charge is -2.10. The van der Waals surface area contributed by atoms with Crippen LogP contribution in [0.4, 0.5) is 0 Å². The SMILES string of the molecule is CC(C)NCc1ccc(-c2cccc(OC3CC3)c2)cc1. The third-order valence-electron chi connectivity index (χ3n) is 3.66. The molecular formula is C19H23NO. The molecule has 0 saturated heterocycles. The number of rotatable bonds is 6. The maximum atomic E-state index is 5.87. The zero-order valence-electron chi connectivity index (χ0n) is 12.8. The standard InChI is InChI=1S/C19H23NO/c1-14(2)20-13-15-6-8-16(9-7-15)17-4-3-5-19(12-17)21-18-10-11-18/h3-9,12,14,18,20H,10-11,13H2,1-2H3. The Bertz CT molecular complexity index is 585. The van der Waals surface area contributed by atoms with E-state index in [1.807, 2.05) is 6.07 Å². The highest BCUT2D eigenvalue weighted by atomic mass is 16.5. The van der Waals surface area contributed by atoms with E-state index in [0.717, 1.165) is 12.3 Å². The van der Waals surface area contributed by atoms with Crippen molar-refractivity contribution >= 4 is 0 Å². The van der Waals surface area contributed by atoms with Crippen molar-refractivity contribution in [3.05, 3.63) is 54.1 Å². The lowest BCUT2D eigenvalue weighted by atomic mass is 10.0. The molecule has 1 aliphatic carbocycles. The Balaban J connectivity index is 1.70. The Hall–Kier alpha value is -1.80. The molecule has 0 aromatic heterocycles. The van der Waals surface area contributed by atoms with E-state index in [2.05, 4.69) is 61.6 Å². The Morgan fingerprint density at radius 3 is 2.48 bits per heavy atom. The minimum Gasteiger partial charge on any atom is -0.490 e. The first-order valence-electron chi connectivity index (χ1n) is 7.80. The molecule has 0 amide bonds. The maximum absolute atomic E-state index is 5.87. The second-order valence-electron chi connectivity index (χ2n) is 6.08. The summed E-state index contributed by atoms with van der Waals surface area (Å²) in [7, 11) is 0. The monoisotopic (exact) mass is 281 g/mol. The van der Waals surface area contributed by atoms with Crippen LogP contribution < -0.4 is 10.1 Å². The van der Waals surface area contributed by atoms with Crippen LogP contribution in [0.5, 0.6) is 5.75 Å². The predicted octanol–water partition coefficient (Wildman–Crippen LogP) is 4.39. The smallest absolute Gasteiger partial charge is 0.120 e. The van der Waals surface area contributed by atoms with Gasteiger partial charge in [0.2, 0.25) is 0 Å². The average Bonchev–Trinajstić information content (AvgIpc) is 3.30. The summed E-state index contributed by atoms with van der Waals surface area (Å²) in [5.74, 6) is 0.987. The highest BCUT2D eigenvalue weighted by Gasteiger charge is 2.23. The highest BCUT2D eigenvalue weighted by Crippen LogP contribution is 2.29. The zero-order valence-corrected chi connectivity index (χ0v) is 12.8. The molecule has 0 atom stereocenters. The number of ether oxygens (including phenoxy) is 1. The van der Waals surface area contributed by atoms with Crippen molar-refractivity contribution < 1.29 is 4.74 Å². The van der Waals surface area contributed by atoms with Crippen LogP contribution in [0, 0.1) is 0 Å². The second kappa shape index (κ2) is 6.31. The maximum Gasteiger partial charge on any atom is 0.120 e. The highest BCUT2D eigenvalue weighted by molar-refractivity contribution is 5.65. The van der Waals surface area contributed by atoms with Crippen LogP contribution in [0.2, 0.25) is 0 Å². The molecule has 110 valence electrons. The van der Waals surface area contributed by atoms with E-state index in [-0.39, 0.29) is 0 Å². The summed E-state index contributed by atoms with van der Waals surface area (Å²) in [4.78, 5) is 0. The number of hydrogen-bond donors (Lipinski definition) is 1. The average molecular weight is 281 g/mol. The van der Waals surface area contributed by atoms with Gasteiger partial charge >= 0.3 is 0 Å². The molecule has 3 rings (SSSR count). The zero-order chi connectivity index (χ0) is 14.7. The van der Waals surface area contributed by atoms with Crippen molar-refractivity contribution in [1.82, 2.24) is 5.32 Å². The van der Waals surface area contributed by atoms with Crippen LogP contribution in [0.1, 0.15) is 32.3 Å². The summed E-state index contributed by atoms with van der Waals surface area (Å²) in [5.41, 5.74) is 3.78. The van der Waals surface area contributed by atoms with E-state index < -0.39 is 0 Å². The normalized spacial score (nSPS) is 14.4. The van der Waals surface area contributed by atoms with Gasteiger partial charge < -0.3 is 10.1 Å². The third-order valence-corrected chi connectivity index (χ3v) is 3.66. The van der Waals surface area contributed by atoms with E-state index >= 15 is 0 Å².